The lowest BCUT2D eigenvalue weighted by atomic mass is 10.1. The molecule has 1 radical (unpaired) electrons. The molecule has 2 aromatic rings. The van der Waals surface area contributed by atoms with Crippen molar-refractivity contribution in [3.05, 3.63) is 30.5 Å². The number of fused-ring (bicyclic) bond motifs is 1. The molecule has 1 aromatic heterocycles. The number of carbonyl (C=O) groups excluding carboxylic acids is 4. The molecule has 0 saturated carbocycles. The van der Waals surface area contributed by atoms with E-state index in [1.165, 1.54) is 4.90 Å². The predicted octanol–water partition coefficient (Wildman–Crippen LogP) is 2.97. The van der Waals surface area contributed by atoms with Gasteiger partial charge in [-0.25, -0.2) is 4.79 Å². The van der Waals surface area contributed by atoms with E-state index in [2.05, 4.69) is 21.9 Å². The van der Waals surface area contributed by atoms with Crippen molar-refractivity contribution in [2.75, 3.05) is 6.54 Å². The van der Waals surface area contributed by atoms with Crippen LogP contribution in [0.4, 0.5) is 18.0 Å². The van der Waals surface area contributed by atoms with E-state index in [1.807, 2.05) is 6.92 Å². The molecule has 1 aromatic carbocycles. The zero-order chi connectivity index (χ0) is 26.5. The highest BCUT2D eigenvalue weighted by molar-refractivity contribution is 5.97. The summed E-state index contributed by atoms with van der Waals surface area (Å²) in [5, 5.41) is 9.45. The van der Waals surface area contributed by atoms with Gasteiger partial charge in [-0.2, -0.15) is 23.0 Å². The second-order valence-corrected chi connectivity index (χ2v) is 8.73. The van der Waals surface area contributed by atoms with Crippen LogP contribution in [0.2, 0.25) is 0 Å². The molecule has 12 heteroatoms. The molecule has 1 aliphatic rings. The molecule has 3 rings (SSSR count). The number of nitrogens with zero attached hydrogens (tertiary/aromatic N) is 3. The lowest BCUT2D eigenvalue weighted by Gasteiger charge is -2.29. The lowest BCUT2D eigenvalue weighted by Crippen LogP contribution is -2.56. The third-order valence-electron chi connectivity index (χ3n) is 6.10. The molecular weight excluding hydrogens is 479 g/mol. The van der Waals surface area contributed by atoms with Gasteiger partial charge in [0.25, 0.3) is 5.78 Å². The summed E-state index contributed by atoms with van der Waals surface area (Å²) in [6.07, 6.45) is -0.747. The van der Waals surface area contributed by atoms with Crippen LogP contribution < -0.4 is 10.6 Å². The van der Waals surface area contributed by atoms with Crippen molar-refractivity contribution in [2.24, 2.45) is 0 Å². The highest BCUT2D eigenvalue weighted by Gasteiger charge is 2.45. The zero-order valence-electron chi connectivity index (χ0n) is 20.1. The summed E-state index contributed by atoms with van der Waals surface area (Å²) in [5.41, 5.74) is 0.507. The molecule has 1 aliphatic heterocycles. The second-order valence-electron chi connectivity index (χ2n) is 8.73. The monoisotopic (exact) mass is 508 g/mol. The summed E-state index contributed by atoms with van der Waals surface area (Å²) in [7, 11) is 0. The Morgan fingerprint density at radius 1 is 1.08 bits per heavy atom. The fraction of sp³-hybridized carbons (Fsp3) is 0.542. The molecule has 3 amide bonds. The van der Waals surface area contributed by atoms with Crippen LogP contribution in [0.15, 0.2) is 24.3 Å². The minimum Gasteiger partial charge on any atom is -0.344 e. The van der Waals surface area contributed by atoms with Crippen LogP contribution in [0, 0.1) is 6.20 Å². The summed E-state index contributed by atoms with van der Waals surface area (Å²) in [5.74, 6) is -3.35. The number of aromatic nitrogens is 2. The van der Waals surface area contributed by atoms with Gasteiger partial charge in [0.15, 0.2) is 0 Å². The second kappa shape index (κ2) is 11.5. The Kier molecular flexibility index (Phi) is 8.70. The average molecular weight is 509 g/mol. The molecule has 2 N–H and O–H groups in total. The number of alkyl halides is 3. The molecule has 9 nitrogen and oxygen atoms in total. The first-order valence-electron chi connectivity index (χ1n) is 12.0. The Bertz CT molecular complexity index is 1120. The average Bonchev–Trinajstić information content (AvgIpc) is 3.49. The molecule has 0 aliphatic carbocycles. The molecule has 2 heterocycles. The van der Waals surface area contributed by atoms with Crippen molar-refractivity contribution in [3.63, 3.8) is 0 Å². The first-order chi connectivity index (χ1) is 17.1. The van der Waals surface area contributed by atoms with Gasteiger partial charge in [0.05, 0.1) is 11.6 Å². The van der Waals surface area contributed by atoms with E-state index in [4.69, 9.17) is 0 Å². The van der Waals surface area contributed by atoms with E-state index in [0.717, 1.165) is 4.68 Å². The minimum absolute atomic E-state index is 0.173. The van der Waals surface area contributed by atoms with Crippen molar-refractivity contribution >= 4 is 34.5 Å². The first-order valence-corrected chi connectivity index (χ1v) is 12.0. The van der Waals surface area contributed by atoms with Crippen molar-refractivity contribution in [2.45, 2.75) is 76.7 Å². The van der Waals surface area contributed by atoms with Crippen LogP contribution in [-0.4, -0.2) is 69.2 Å². The molecule has 0 bridgehead atoms. The number of amides is 3. The number of nitrogens with one attached hydrogen (secondary N) is 2. The van der Waals surface area contributed by atoms with Gasteiger partial charge in [-0.3, -0.25) is 14.4 Å². The Balaban J connectivity index is 1.74. The molecule has 1 fully saturated rings. The van der Waals surface area contributed by atoms with Gasteiger partial charge in [-0.1, -0.05) is 44.9 Å². The molecule has 36 heavy (non-hydrogen) atoms. The van der Waals surface area contributed by atoms with Crippen molar-refractivity contribution in [1.82, 2.24) is 25.3 Å². The molecule has 0 unspecified atom stereocenters. The molecule has 195 valence electrons. The zero-order valence-corrected chi connectivity index (χ0v) is 20.1. The van der Waals surface area contributed by atoms with Crippen LogP contribution >= 0.6 is 0 Å². The van der Waals surface area contributed by atoms with Crippen molar-refractivity contribution < 1.29 is 32.3 Å². The third-order valence-corrected chi connectivity index (χ3v) is 6.10. The Morgan fingerprint density at radius 2 is 1.75 bits per heavy atom. The van der Waals surface area contributed by atoms with Crippen LogP contribution in [0.5, 0.6) is 0 Å². The predicted molar refractivity (Wildman–Crippen MR) is 124 cm³/mol. The summed E-state index contributed by atoms with van der Waals surface area (Å²) in [6, 6.07) is 2.58. The number of ketones is 1. The van der Waals surface area contributed by atoms with Gasteiger partial charge in [-0.05, 0) is 31.7 Å². The summed E-state index contributed by atoms with van der Waals surface area (Å²) < 4.78 is 40.0. The molecule has 3 atom stereocenters. The quantitative estimate of drug-likeness (QED) is 0.541. The minimum atomic E-state index is -5.08. The Morgan fingerprint density at radius 3 is 2.42 bits per heavy atom. The Hall–Kier alpha value is -3.44. The standard InChI is InChI=1S/C24H29F3N5O4/c1-3-8-16(20(33)24(25,26)27)29-21(34)19-12-7-13-31(19)22(35)17(9-4-2)30-23(36)32-18-11-6-5-10-15(18)14-28-32/h5-6,10-11,16-17,19H,3-4,7-9,12-13H2,1-2H3,(H,29,34)(H,30,36)/t16-,17-,19-/m0/s1. The lowest BCUT2D eigenvalue weighted by molar-refractivity contribution is -0.174. The molecule has 1 saturated heterocycles. The Labute approximate surface area is 206 Å². The highest BCUT2D eigenvalue weighted by atomic mass is 19.4. The van der Waals surface area contributed by atoms with Crippen LogP contribution in [0.1, 0.15) is 52.4 Å². The largest absolute Gasteiger partial charge is 0.452 e. The highest BCUT2D eigenvalue weighted by Crippen LogP contribution is 2.23. The smallest absolute Gasteiger partial charge is 0.344 e. The van der Waals surface area contributed by atoms with E-state index in [9.17, 15) is 32.3 Å². The van der Waals surface area contributed by atoms with Crippen molar-refractivity contribution in [1.29, 1.82) is 0 Å². The fourth-order valence-electron chi connectivity index (χ4n) is 4.35. The van der Waals surface area contributed by atoms with Gasteiger partial charge in [-0.15, -0.1) is 0 Å². The van der Waals surface area contributed by atoms with Gasteiger partial charge in [0.2, 0.25) is 11.8 Å². The van der Waals surface area contributed by atoms with Gasteiger partial charge >= 0.3 is 12.2 Å². The third kappa shape index (κ3) is 6.03. The maximum atomic E-state index is 13.4. The molecular formula is C24H29F3N5O4. The maximum Gasteiger partial charge on any atom is 0.452 e. The number of carbonyl (C=O) groups is 4. The van der Waals surface area contributed by atoms with Crippen molar-refractivity contribution in [3.8, 4) is 0 Å². The number of halogens is 3. The normalized spacial score (nSPS) is 17.6. The van der Waals surface area contributed by atoms with Crippen LogP contribution in [0.25, 0.3) is 10.9 Å². The number of hydrogen-bond donors (Lipinski definition) is 2. The van der Waals surface area contributed by atoms with Crippen LogP contribution in [-0.2, 0) is 14.4 Å². The number of Topliss-reactive ketones (excluding diaryl/α,β-unsaturated/α-hetero) is 1. The van der Waals surface area contributed by atoms with E-state index in [1.54, 1.807) is 31.2 Å². The number of benzene rings is 1. The van der Waals surface area contributed by atoms with E-state index in [-0.39, 0.29) is 32.2 Å². The topological polar surface area (TPSA) is 113 Å². The summed E-state index contributed by atoms with van der Waals surface area (Å²) >= 11 is 0. The SMILES string of the molecule is CCC[C@H](NC(=O)n1n[c]c2ccccc21)C(=O)N1CCC[C@H]1C(=O)N[C@@H](CCC)C(=O)C(F)(F)F. The maximum absolute atomic E-state index is 13.4. The fourth-order valence-corrected chi connectivity index (χ4v) is 4.35. The molecule has 0 spiro atoms. The number of rotatable bonds is 9. The van der Waals surface area contributed by atoms with Gasteiger partial charge in [0, 0.05) is 11.9 Å². The van der Waals surface area contributed by atoms with E-state index >= 15 is 0 Å². The number of likely N-dealkylation sites (tertiary alicyclic amines) is 1. The van der Waals surface area contributed by atoms with Crippen LogP contribution in [0.3, 0.4) is 0 Å². The number of para-hydroxylation sites is 1. The number of hydrogen-bond acceptors (Lipinski definition) is 5. The van der Waals surface area contributed by atoms with Gasteiger partial charge in [0.1, 0.15) is 18.3 Å². The van der Waals surface area contributed by atoms with E-state index in [0.29, 0.717) is 23.7 Å². The first kappa shape index (κ1) is 27.2. The summed E-state index contributed by atoms with van der Waals surface area (Å²) in [6.45, 7) is 3.64. The summed E-state index contributed by atoms with van der Waals surface area (Å²) in [4.78, 5) is 52.2. The van der Waals surface area contributed by atoms with E-state index < -0.39 is 47.9 Å². The van der Waals surface area contributed by atoms with Gasteiger partial charge < -0.3 is 15.5 Å².